The summed E-state index contributed by atoms with van der Waals surface area (Å²) in [5.74, 6) is -0.250. The Morgan fingerprint density at radius 2 is 0.719 bits per heavy atom. The monoisotopic (exact) mass is 1280 g/mol. The first-order chi connectivity index (χ1) is 43.3. The highest BCUT2D eigenvalue weighted by atomic mass is 16.8. The molecule has 12 N–H and O–H groups in total. The van der Waals surface area contributed by atoms with Crippen molar-refractivity contribution in [2.75, 3.05) is 26.4 Å². The molecule has 3 heterocycles. The molecule has 0 radical (unpaired) electrons. The Hall–Kier alpha value is -1.47. The maximum atomic E-state index is 13.3. The van der Waals surface area contributed by atoms with E-state index in [4.69, 9.17) is 28.4 Å². The SMILES string of the molecule is CCCC/C=C\CCCCCCCC(=O)NC(COC1OC(CO)C(OC2OC(CO)C(OC3OC(CO)C(O)C(O)C3O)C(O)C2O)C(O)C1O)C(O)CCCCCCCCCCCCCCCCCCCCCCCCCCCCCCCCCCC. The lowest BCUT2D eigenvalue weighted by atomic mass is 9.96. The minimum Gasteiger partial charge on any atom is -0.394 e. The van der Waals surface area contributed by atoms with Crippen molar-refractivity contribution in [1.29, 1.82) is 0 Å². The quantitative estimate of drug-likeness (QED) is 0.0199. The summed E-state index contributed by atoms with van der Waals surface area (Å²) >= 11 is 0. The molecular formula is C70H133NO18. The fourth-order valence-corrected chi connectivity index (χ4v) is 12.7. The van der Waals surface area contributed by atoms with Crippen LogP contribution >= 0.6 is 0 Å². The molecule has 3 aliphatic heterocycles. The average Bonchev–Trinajstić information content (AvgIpc) is 1.88. The van der Waals surface area contributed by atoms with E-state index in [2.05, 4.69) is 31.3 Å². The van der Waals surface area contributed by atoms with Gasteiger partial charge in [0.1, 0.15) is 73.2 Å². The van der Waals surface area contributed by atoms with Crippen LogP contribution in [-0.2, 0) is 33.2 Å². The highest BCUT2D eigenvalue weighted by Gasteiger charge is 2.53. The number of unbranched alkanes of at least 4 members (excludes halogenated alkanes) is 39. The van der Waals surface area contributed by atoms with Crippen LogP contribution in [0.15, 0.2) is 12.2 Å². The Balaban J connectivity index is 1.33. The minimum absolute atomic E-state index is 0.250. The summed E-state index contributed by atoms with van der Waals surface area (Å²) in [6, 6.07) is -0.888. The summed E-state index contributed by atoms with van der Waals surface area (Å²) in [5, 5.41) is 121. The minimum atomic E-state index is -1.97. The Labute approximate surface area is 537 Å². The van der Waals surface area contributed by atoms with Crippen molar-refractivity contribution in [2.24, 2.45) is 0 Å². The Bertz CT molecular complexity index is 1670. The summed E-state index contributed by atoms with van der Waals surface area (Å²) < 4.78 is 34.4. The Morgan fingerprint density at radius 1 is 0.393 bits per heavy atom. The van der Waals surface area contributed by atoms with Gasteiger partial charge in [0.25, 0.3) is 0 Å². The van der Waals surface area contributed by atoms with Gasteiger partial charge in [0.2, 0.25) is 5.91 Å². The van der Waals surface area contributed by atoms with Gasteiger partial charge in [-0.05, 0) is 32.1 Å². The molecule has 19 heteroatoms. The molecule has 0 bridgehead atoms. The van der Waals surface area contributed by atoms with E-state index in [0.717, 1.165) is 64.2 Å². The number of hydrogen-bond donors (Lipinski definition) is 12. The first kappa shape index (κ1) is 81.8. The molecule has 17 atom stereocenters. The Kier molecular flexibility index (Phi) is 48.5. The third-order valence-electron chi connectivity index (χ3n) is 18.6. The van der Waals surface area contributed by atoms with E-state index in [1.807, 2.05) is 0 Å². The summed E-state index contributed by atoms with van der Waals surface area (Å²) in [7, 11) is 0. The molecule has 3 rings (SSSR count). The molecule has 0 saturated carbocycles. The highest BCUT2D eigenvalue weighted by Crippen LogP contribution is 2.33. The van der Waals surface area contributed by atoms with E-state index in [-0.39, 0.29) is 18.9 Å². The number of aliphatic hydroxyl groups is 11. The van der Waals surface area contributed by atoms with E-state index in [1.165, 1.54) is 199 Å². The lowest BCUT2D eigenvalue weighted by Gasteiger charge is -2.48. The van der Waals surface area contributed by atoms with Crippen LogP contribution < -0.4 is 5.32 Å². The third-order valence-corrected chi connectivity index (χ3v) is 18.6. The van der Waals surface area contributed by atoms with Crippen LogP contribution in [0.3, 0.4) is 0 Å². The van der Waals surface area contributed by atoms with Gasteiger partial charge < -0.3 is 89.9 Å². The van der Waals surface area contributed by atoms with Gasteiger partial charge in [0, 0.05) is 6.42 Å². The van der Waals surface area contributed by atoms with Gasteiger partial charge in [-0.1, -0.05) is 270 Å². The van der Waals surface area contributed by atoms with Crippen LogP contribution in [0.5, 0.6) is 0 Å². The maximum absolute atomic E-state index is 13.3. The second-order valence-electron chi connectivity index (χ2n) is 26.4. The molecule has 0 aromatic rings. The summed E-state index contributed by atoms with van der Waals surface area (Å²) in [5.41, 5.74) is 0. The highest BCUT2D eigenvalue weighted by molar-refractivity contribution is 5.76. The number of amides is 1. The number of hydrogen-bond acceptors (Lipinski definition) is 18. The number of aliphatic hydroxyl groups excluding tert-OH is 11. The smallest absolute Gasteiger partial charge is 0.220 e. The van der Waals surface area contributed by atoms with Crippen LogP contribution in [0, 0.1) is 0 Å². The molecule has 3 fully saturated rings. The molecule has 0 spiro atoms. The zero-order chi connectivity index (χ0) is 64.7. The standard InChI is InChI=1S/C70H133NO18/c1-3-5-7-9-11-13-15-16-17-18-19-20-21-22-23-24-25-26-27-28-29-30-31-32-33-34-35-36-38-39-41-43-45-47-54(75)53(71-58(76)48-46-44-42-40-37-14-12-10-8-6-4-2)52-84-68-64(82)61(79)66(56(50-73)86-68)89-70-65(83)62(80)67(57(51-74)87-70)88-69-63(81)60(78)59(77)55(49-72)85-69/h10,12,53-57,59-70,72-75,77-83H,3-9,11,13-52H2,1-2H3,(H,71,76)/b12-10-. The fraction of sp³-hybridized carbons (Fsp3) is 0.957. The molecule has 3 aliphatic rings. The molecule has 19 nitrogen and oxygen atoms in total. The van der Waals surface area contributed by atoms with Crippen molar-refractivity contribution < 1.29 is 89.4 Å². The van der Waals surface area contributed by atoms with E-state index in [0.29, 0.717) is 12.8 Å². The molecular weight excluding hydrogens is 1140 g/mol. The van der Waals surface area contributed by atoms with Crippen molar-refractivity contribution in [1.82, 2.24) is 5.32 Å². The van der Waals surface area contributed by atoms with Crippen LogP contribution in [0.1, 0.15) is 296 Å². The second-order valence-corrected chi connectivity index (χ2v) is 26.4. The zero-order valence-electron chi connectivity index (χ0n) is 55.7. The fourth-order valence-electron chi connectivity index (χ4n) is 12.7. The van der Waals surface area contributed by atoms with Gasteiger partial charge in [-0.3, -0.25) is 4.79 Å². The van der Waals surface area contributed by atoms with E-state index in [1.54, 1.807) is 0 Å². The van der Waals surface area contributed by atoms with Crippen molar-refractivity contribution in [3.63, 3.8) is 0 Å². The number of ether oxygens (including phenoxy) is 6. The molecule has 526 valence electrons. The van der Waals surface area contributed by atoms with Crippen LogP contribution in [0.25, 0.3) is 0 Å². The summed E-state index contributed by atoms with van der Waals surface area (Å²) in [6.45, 7) is 1.77. The first-order valence-corrected chi connectivity index (χ1v) is 36.4. The van der Waals surface area contributed by atoms with Crippen LogP contribution in [-0.4, -0.2) is 193 Å². The second kappa shape index (κ2) is 52.8. The maximum Gasteiger partial charge on any atom is 0.220 e. The predicted molar refractivity (Wildman–Crippen MR) is 347 cm³/mol. The number of allylic oxidation sites excluding steroid dienone is 2. The molecule has 17 unspecified atom stereocenters. The summed E-state index contributed by atoms with van der Waals surface area (Å²) in [6.07, 6.45) is 31.9. The van der Waals surface area contributed by atoms with Gasteiger partial charge in [-0.25, -0.2) is 0 Å². The average molecular weight is 1280 g/mol. The molecule has 0 aromatic heterocycles. The molecule has 3 saturated heterocycles. The number of carbonyl (C=O) groups is 1. The van der Waals surface area contributed by atoms with Crippen molar-refractivity contribution in [3.8, 4) is 0 Å². The first-order valence-electron chi connectivity index (χ1n) is 36.4. The molecule has 89 heavy (non-hydrogen) atoms. The van der Waals surface area contributed by atoms with Crippen LogP contribution in [0.4, 0.5) is 0 Å². The Morgan fingerprint density at radius 3 is 1.12 bits per heavy atom. The number of rotatable bonds is 57. The number of nitrogens with one attached hydrogen (secondary N) is 1. The normalized spacial score (nSPS) is 28.2. The van der Waals surface area contributed by atoms with Gasteiger partial charge in [0.05, 0.1) is 38.6 Å². The van der Waals surface area contributed by atoms with Gasteiger partial charge >= 0.3 is 0 Å². The molecule has 0 aromatic carbocycles. The largest absolute Gasteiger partial charge is 0.394 e. The zero-order valence-corrected chi connectivity index (χ0v) is 55.7. The van der Waals surface area contributed by atoms with Gasteiger partial charge in [-0.15, -0.1) is 0 Å². The topological polar surface area (TPSA) is 307 Å². The van der Waals surface area contributed by atoms with E-state index in [9.17, 15) is 61.0 Å². The lowest BCUT2D eigenvalue weighted by Crippen LogP contribution is -2.66. The lowest BCUT2D eigenvalue weighted by molar-refractivity contribution is -0.379. The summed E-state index contributed by atoms with van der Waals surface area (Å²) in [4.78, 5) is 13.3. The van der Waals surface area contributed by atoms with Gasteiger partial charge in [-0.2, -0.15) is 0 Å². The van der Waals surface area contributed by atoms with Gasteiger partial charge in [0.15, 0.2) is 18.9 Å². The predicted octanol–water partition coefficient (Wildman–Crippen LogP) is 10.1. The van der Waals surface area contributed by atoms with Crippen LogP contribution in [0.2, 0.25) is 0 Å². The van der Waals surface area contributed by atoms with Crippen molar-refractivity contribution in [2.45, 2.75) is 401 Å². The van der Waals surface area contributed by atoms with E-state index < -0.39 is 124 Å². The third kappa shape index (κ3) is 34.7. The van der Waals surface area contributed by atoms with E-state index >= 15 is 0 Å². The molecule has 0 aliphatic carbocycles. The molecule has 1 amide bonds. The van der Waals surface area contributed by atoms with Crippen molar-refractivity contribution >= 4 is 5.91 Å². The van der Waals surface area contributed by atoms with Crippen molar-refractivity contribution in [3.05, 3.63) is 12.2 Å². The number of carbonyl (C=O) groups excluding carboxylic acids is 1.